The van der Waals surface area contributed by atoms with Crippen LogP contribution in [-0.2, 0) is 17.2 Å². The monoisotopic (exact) mass is 359 g/mol. The highest BCUT2D eigenvalue weighted by Crippen LogP contribution is 2.40. The highest BCUT2D eigenvalue weighted by Gasteiger charge is 2.25. The summed E-state index contributed by atoms with van der Waals surface area (Å²) >= 11 is 6.11. The lowest BCUT2D eigenvalue weighted by Crippen LogP contribution is -2.05. The number of halogens is 1. The third-order valence-electron chi connectivity index (χ3n) is 4.24. The van der Waals surface area contributed by atoms with Gasteiger partial charge in [0.05, 0.1) is 30.9 Å². The van der Waals surface area contributed by atoms with Gasteiger partial charge in [-0.15, -0.1) is 16.7 Å². The summed E-state index contributed by atoms with van der Waals surface area (Å²) in [5.74, 6) is 0.610. The standard InChI is InChI=1S/C17H18ClN5O2/c1-2-25-17(24)15-10-23(21-20-15)9-14-8-22-7-13(11-3-4-11)5-12(6-18)16(22)19-14/h5,7-8,10-11H,2-4,6,9H2,1H3. The molecule has 3 aromatic rings. The Kier molecular flexibility index (Phi) is 4.17. The van der Waals surface area contributed by atoms with Gasteiger partial charge in [-0.3, -0.25) is 0 Å². The molecule has 0 bridgehead atoms. The lowest BCUT2D eigenvalue weighted by atomic mass is 10.1. The molecule has 25 heavy (non-hydrogen) atoms. The number of nitrogens with zero attached hydrogens (tertiary/aromatic N) is 5. The quantitative estimate of drug-likeness (QED) is 0.499. The number of rotatable bonds is 6. The van der Waals surface area contributed by atoms with Crippen molar-refractivity contribution in [1.29, 1.82) is 0 Å². The van der Waals surface area contributed by atoms with Crippen molar-refractivity contribution in [2.24, 2.45) is 0 Å². The minimum absolute atomic E-state index is 0.197. The lowest BCUT2D eigenvalue weighted by Gasteiger charge is -2.04. The predicted molar refractivity (Wildman–Crippen MR) is 91.8 cm³/mol. The normalized spacial score (nSPS) is 14.2. The Labute approximate surface area is 149 Å². The molecule has 0 unspecified atom stereocenters. The van der Waals surface area contributed by atoms with Crippen LogP contribution in [0.4, 0.5) is 0 Å². The van der Waals surface area contributed by atoms with Crippen molar-refractivity contribution < 1.29 is 9.53 Å². The van der Waals surface area contributed by atoms with E-state index in [1.54, 1.807) is 17.8 Å². The zero-order valence-corrected chi connectivity index (χ0v) is 14.6. The van der Waals surface area contributed by atoms with E-state index >= 15 is 0 Å². The van der Waals surface area contributed by atoms with Crippen LogP contribution in [0.5, 0.6) is 0 Å². The summed E-state index contributed by atoms with van der Waals surface area (Å²) in [6, 6.07) is 2.16. The van der Waals surface area contributed by atoms with Gasteiger partial charge < -0.3 is 9.14 Å². The minimum atomic E-state index is -0.470. The molecule has 0 atom stereocenters. The molecule has 3 aromatic heterocycles. The molecule has 4 rings (SSSR count). The summed E-state index contributed by atoms with van der Waals surface area (Å²) in [5.41, 5.74) is 4.24. The van der Waals surface area contributed by atoms with Crippen molar-refractivity contribution >= 4 is 23.2 Å². The molecule has 0 radical (unpaired) electrons. The maximum Gasteiger partial charge on any atom is 0.360 e. The molecule has 1 aliphatic rings. The number of carbonyl (C=O) groups excluding carboxylic acids is 1. The van der Waals surface area contributed by atoms with Crippen LogP contribution < -0.4 is 0 Å². The predicted octanol–water partition coefficient (Wildman–Crippen LogP) is 2.77. The summed E-state index contributed by atoms with van der Waals surface area (Å²) in [6.45, 7) is 2.49. The van der Waals surface area contributed by atoms with E-state index in [2.05, 4.69) is 27.6 Å². The maximum atomic E-state index is 11.7. The Bertz CT molecular complexity index is 928. The molecule has 0 N–H and O–H groups in total. The van der Waals surface area contributed by atoms with E-state index < -0.39 is 5.97 Å². The Morgan fingerprint density at radius 2 is 2.20 bits per heavy atom. The molecule has 1 aliphatic carbocycles. The molecule has 1 saturated carbocycles. The third-order valence-corrected chi connectivity index (χ3v) is 4.53. The summed E-state index contributed by atoms with van der Waals surface area (Å²) in [4.78, 5) is 16.3. The van der Waals surface area contributed by atoms with Crippen LogP contribution in [-0.4, -0.2) is 37.0 Å². The Hall–Kier alpha value is -2.41. The van der Waals surface area contributed by atoms with Gasteiger partial charge >= 0.3 is 5.97 Å². The van der Waals surface area contributed by atoms with Crippen LogP contribution in [0.3, 0.4) is 0 Å². The van der Waals surface area contributed by atoms with Gasteiger partial charge in [0.15, 0.2) is 5.69 Å². The first kappa shape index (κ1) is 16.1. The SMILES string of the molecule is CCOC(=O)c1cn(Cc2cn3cc(C4CC4)cc(CCl)c3n2)nn1. The number of imidazole rings is 1. The second-order valence-electron chi connectivity index (χ2n) is 6.19. The largest absolute Gasteiger partial charge is 0.461 e. The van der Waals surface area contributed by atoms with E-state index in [4.69, 9.17) is 16.3 Å². The molecule has 0 aromatic carbocycles. The molecule has 7 nitrogen and oxygen atoms in total. The van der Waals surface area contributed by atoms with Gasteiger partial charge in [-0.05, 0) is 37.3 Å². The fraction of sp³-hybridized carbons (Fsp3) is 0.412. The molecule has 130 valence electrons. The summed E-state index contributed by atoms with van der Waals surface area (Å²) < 4.78 is 8.53. The van der Waals surface area contributed by atoms with Gasteiger partial charge in [0.25, 0.3) is 0 Å². The Morgan fingerprint density at radius 3 is 2.92 bits per heavy atom. The molecule has 8 heteroatoms. The summed E-state index contributed by atoms with van der Waals surface area (Å²) in [5, 5.41) is 7.82. The molecular weight excluding hydrogens is 342 g/mol. The van der Waals surface area contributed by atoms with Crippen molar-refractivity contribution in [3.8, 4) is 0 Å². The van der Waals surface area contributed by atoms with Crippen molar-refractivity contribution in [1.82, 2.24) is 24.4 Å². The van der Waals surface area contributed by atoms with E-state index in [0.29, 0.717) is 24.9 Å². The fourth-order valence-electron chi connectivity index (χ4n) is 2.90. The molecule has 0 saturated heterocycles. The number of hydrogen-bond donors (Lipinski definition) is 0. The third kappa shape index (κ3) is 3.24. The van der Waals surface area contributed by atoms with Gasteiger partial charge in [-0.25, -0.2) is 14.5 Å². The first-order chi connectivity index (χ1) is 12.2. The summed E-state index contributed by atoms with van der Waals surface area (Å²) in [7, 11) is 0. The number of ether oxygens (including phenoxy) is 1. The van der Waals surface area contributed by atoms with E-state index in [1.165, 1.54) is 18.4 Å². The molecule has 0 aliphatic heterocycles. The van der Waals surface area contributed by atoms with Crippen LogP contribution >= 0.6 is 11.6 Å². The highest BCUT2D eigenvalue weighted by molar-refractivity contribution is 6.17. The van der Waals surface area contributed by atoms with Crippen LogP contribution in [0.25, 0.3) is 5.65 Å². The van der Waals surface area contributed by atoms with E-state index in [0.717, 1.165) is 16.9 Å². The highest BCUT2D eigenvalue weighted by atomic mass is 35.5. The van der Waals surface area contributed by atoms with Crippen molar-refractivity contribution in [3.05, 3.63) is 47.2 Å². The zero-order valence-electron chi connectivity index (χ0n) is 13.9. The van der Waals surface area contributed by atoms with Gasteiger partial charge in [0, 0.05) is 18.0 Å². The number of carbonyl (C=O) groups is 1. The van der Waals surface area contributed by atoms with Crippen molar-refractivity contribution in [2.45, 2.75) is 38.1 Å². The average Bonchev–Trinajstić information content (AvgIpc) is 3.22. The van der Waals surface area contributed by atoms with E-state index in [-0.39, 0.29) is 5.69 Å². The van der Waals surface area contributed by atoms with Crippen LogP contribution in [0.2, 0.25) is 0 Å². The van der Waals surface area contributed by atoms with Gasteiger partial charge in [0.2, 0.25) is 0 Å². The molecular formula is C17H18ClN5O2. The van der Waals surface area contributed by atoms with Crippen LogP contribution in [0.15, 0.2) is 24.7 Å². The number of esters is 1. The number of pyridine rings is 1. The summed E-state index contributed by atoms with van der Waals surface area (Å²) in [6.07, 6.45) is 8.16. The maximum absolute atomic E-state index is 11.7. The average molecular weight is 360 g/mol. The van der Waals surface area contributed by atoms with Gasteiger partial charge in [-0.1, -0.05) is 5.21 Å². The topological polar surface area (TPSA) is 74.3 Å². The fourth-order valence-corrected chi connectivity index (χ4v) is 3.10. The van der Waals surface area contributed by atoms with Gasteiger partial charge in [0.1, 0.15) is 5.65 Å². The van der Waals surface area contributed by atoms with E-state index in [9.17, 15) is 4.79 Å². The smallest absolute Gasteiger partial charge is 0.360 e. The van der Waals surface area contributed by atoms with Crippen molar-refractivity contribution in [2.75, 3.05) is 6.61 Å². The Balaban J connectivity index is 1.60. The number of alkyl halides is 1. The molecule has 1 fully saturated rings. The number of aromatic nitrogens is 5. The first-order valence-corrected chi connectivity index (χ1v) is 8.85. The second-order valence-corrected chi connectivity index (χ2v) is 6.46. The van der Waals surface area contributed by atoms with E-state index in [1.807, 2.05) is 10.6 Å². The van der Waals surface area contributed by atoms with Gasteiger partial charge in [-0.2, -0.15) is 0 Å². The van der Waals surface area contributed by atoms with Crippen molar-refractivity contribution in [3.63, 3.8) is 0 Å². The minimum Gasteiger partial charge on any atom is -0.461 e. The Morgan fingerprint density at radius 1 is 1.36 bits per heavy atom. The molecule has 0 spiro atoms. The first-order valence-electron chi connectivity index (χ1n) is 8.31. The second kappa shape index (κ2) is 6.48. The van der Waals surface area contributed by atoms with Crippen LogP contribution in [0.1, 0.15) is 53.0 Å². The molecule has 0 amide bonds. The van der Waals surface area contributed by atoms with Crippen LogP contribution in [0, 0.1) is 0 Å². The molecule has 3 heterocycles. The lowest BCUT2D eigenvalue weighted by molar-refractivity contribution is 0.0519. The number of hydrogen-bond acceptors (Lipinski definition) is 5. The zero-order chi connectivity index (χ0) is 17.4. The number of fused-ring (bicyclic) bond motifs is 1.